The Morgan fingerprint density at radius 2 is 1.72 bits per heavy atom. The first-order valence-electron chi connectivity index (χ1n) is 12.5. The summed E-state index contributed by atoms with van der Waals surface area (Å²) in [5.41, 5.74) is -0.156. The molecule has 204 valence electrons. The average molecular weight is 535 g/mol. The van der Waals surface area contributed by atoms with Crippen molar-refractivity contribution in [2.24, 2.45) is 0 Å². The number of hydrogen-bond donors (Lipinski definition) is 1. The van der Waals surface area contributed by atoms with Gasteiger partial charge in [-0.2, -0.15) is 4.80 Å². The summed E-state index contributed by atoms with van der Waals surface area (Å²) in [6, 6.07) is 10.9. The number of rotatable bonds is 7. The van der Waals surface area contributed by atoms with Crippen molar-refractivity contribution in [3.63, 3.8) is 0 Å². The molecule has 1 aliphatic rings. The SMILES string of the molecule is Cc1ccc(-c2nnn(CC(=O)N(c3ccc4c(c3)OCCO4)C(C(=O)NC(C)(C)C)c3ccc(C)o3)n2)o1. The molecule has 3 aromatic heterocycles. The van der Waals surface area contributed by atoms with E-state index in [0.29, 0.717) is 53.4 Å². The van der Waals surface area contributed by atoms with Crippen LogP contribution < -0.4 is 19.7 Å². The fourth-order valence-corrected chi connectivity index (χ4v) is 4.19. The minimum absolute atomic E-state index is 0.241. The fourth-order valence-electron chi connectivity index (χ4n) is 4.19. The van der Waals surface area contributed by atoms with Crippen molar-refractivity contribution in [2.75, 3.05) is 18.1 Å². The zero-order valence-corrected chi connectivity index (χ0v) is 22.4. The van der Waals surface area contributed by atoms with E-state index in [1.54, 1.807) is 49.4 Å². The topological polar surface area (TPSA) is 138 Å². The highest BCUT2D eigenvalue weighted by molar-refractivity contribution is 6.01. The van der Waals surface area contributed by atoms with Gasteiger partial charge in [0.25, 0.3) is 11.8 Å². The molecule has 0 radical (unpaired) electrons. The number of benzene rings is 1. The van der Waals surface area contributed by atoms with Crippen LogP contribution in [0.1, 0.15) is 44.1 Å². The van der Waals surface area contributed by atoms with Gasteiger partial charge in [0.1, 0.15) is 37.0 Å². The van der Waals surface area contributed by atoms with Gasteiger partial charge < -0.3 is 23.6 Å². The molecule has 2 amide bonds. The molecule has 12 heteroatoms. The van der Waals surface area contributed by atoms with E-state index in [4.69, 9.17) is 18.3 Å². The summed E-state index contributed by atoms with van der Waals surface area (Å²) in [5, 5.41) is 15.3. The van der Waals surface area contributed by atoms with Gasteiger partial charge in [-0.25, -0.2) is 0 Å². The van der Waals surface area contributed by atoms with Crippen LogP contribution in [0, 0.1) is 13.8 Å². The first kappa shape index (κ1) is 26.0. The maximum Gasteiger partial charge on any atom is 0.251 e. The van der Waals surface area contributed by atoms with Gasteiger partial charge in [0.15, 0.2) is 23.3 Å². The monoisotopic (exact) mass is 534 g/mol. The molecule has 4 heterocycles. The predicted octanol–water partition coefficient (Wildman–Crippen LogP) is 3.60. The molecular formula is C27H30N6O6. The molecule has 12 nitrogen and oxygen atoms in total. The number of nitrogens with one attached hydrogen (secondary N) is 1. The summed E-state index contributed by atoms with van der Waals surface area (Å²) in [7, 11) is 0. The third-order valence-corrected chi connectivity index (χ3v) is 5.80. The van der Waals surface area contributed by atoms with E-state index < -0.39 is 23.4 Å². The van der Waals surface area contributed by atoms with Crippen LogP contribution >= 0.6 is 0 Å². The second kappa shape index (κ2) is 10.3. The number of ether oxygens (including phenoxy) is 2. The van der Waals surface area contributed by atoms with E-state index in [1.807, 2.05) is 27.7 Å². The largest absolute Gasteiger partial charge is 0.486 e. The Kier molecular flexibility index (Phi) is 6.85. The summed E-state index contributed by atoms with van der Waals surface area (Å²) >= 11 is 0. The number of aromatic nitrogens is 4. The number of amides is 2. The number of fused-ring (bicyclic) bond motifs is 1. The number of carbonyl (C=O) groups excluding carboxylic acids is 2. The van der Waals surface area contributed by atoms with Gasteiger partial charge in [0, 0.05) is 17.3 Å². The summed E-state index contributed by atoms with van der Waals surface area (Å²) in [5.74, 6) is 2.40. The summed E-state index contributed by atoms with van der Waals surface area (Å²) in [6.45, 7) is 9.66. The van der Waals surface area contributed by atoms with Gasteiger partial charge >= 0.3 is 0 Å². The van der Waals surface area contributed by atoms with Crippen molar-refractivity contribution in [2.45, 2.75) is 52.7 Å². The van der Waals surface area contributed by atoms with Gasteiger partial charge in [-0.3, -0.25) is 14.5 Å². The standard InChI is InChI=1S/C27H30N6O6/c1-16-6-9-20(38-16)24(26(35)28-27(3,4)5)33(18-8-11-19-22(14-18)37-13-12-36-19)23(34)15-32-30-25(29-31-32)21-10-7-17(2)39-21/h6-11,14,24H,12-13,15H2,1-5H3,(H,28,35). The van der Waals surface area contributed by atoms with Crippen molar-refractivity contribution in [1.82, 2.24) is 25.5 Å². The van der Waals surface area contributed by atoms with E-state index in [0.717, 1.165) is 4.80 Å². The quantitative estimate of drug-likeness (QED) is 0.377. The van der Waals surface area contributed by atoms with Crippen molar-refractivity contribution in [3.05, 3.63) is 59.7 Å². The zero-order chi connectivity index (χ0) is 27.7. The Labute approximate surface area is 224 Å². The van der Waals surface area contributed by atoms with E-state index in [-0.39, 0.29) is 12.4 Å². The van der Waals surface area contributed by atoms with Crippen molar-refractivity contribution in [3.8, 4) is 23.1 Å². The van der Waals surface area contributed by atoms with Crippen molar-refractivity contribution in [1.29, 1.82) is 0 Å². The molecule has 1 N–H and O–H groups in total. The minimum Gasteiger partial charge on any atom is -0.486 e. The summed E-state index contributed by atoms with van der Waals surface area (Å²) in [4.78, 5) is 30.3. The van der Waals surface area contributed by atoms with Crippen molar-refractivity contribution < 1.29 is 27.9 Å². The maximum absolute atomic E-state index is 14.0. The van der Waals surface area contributed by atoms with Crippen LogP contribution in [-0.4, -0.2) is 50.8 Å². The first-order chi connectivity index (χ1) is 18.6. The summed E-state index contributed by atoms with van der Waals surface area (Å²) in [6.07, 6.45) is 0. The number of tetrazole rings is 1. The van der Waals surface area contributed by atoms with Gasteiger partial charge in [0.05, 0.1) is 0 Å². The van der Waals surface area contributed by atoms with Crippen LogP contribution in [0.3, 0.4) is 0 Å². The van der Waals surface area contributed by atoms with Crippen LogP contribution in [0.15, 0.2) is 51.3 Å². The molecule has 0 saturated heterocycles. The lowest BCUT2D eigenvalue weighted by atomic mass is 10.1. The molecule has 4 aromatic rings. The van der Waals surface area contributed by atoms with Crippen LogP contribution in [0.4, 0.5) is 5.69 Å². The molecular weight excluding hydrogens is 504 g/mol. The normalized spacial score (nSPS) is 13.7. The van der Waals surface area contributed by atoms with E-state index >= 15 is 0 Å². The number of hydrogen-bond acceptors (Lipinski definition) is 9. The molecule has 1 aliphatic heterocycles. The minimum atomic E-state index is -1.14. The lowest BCUT2D eigenvalue weighted by Gasteiger charge is -2.33. The third kappa shape index (κ3) is 5.79. The number of aryl methyl sites for hydroxylation is 2. The van der Waals surface area contributed by atoms with Gasteiger partial charge in [0.2, 0.25) is 5.82 Å². The molecule has 0 aliphatic carbocycles. The van der Waals surface area contributed by atoms with Crippen LogP contribution in [0.25, 0.3) is 11.6 Å². The van der Waals surface area contributed by atoms with Crippen LogP contribution in [0.5, 0.6) is 11.5 Å². The molecule has 0 spiro atoms. The molecule has 1 aromatic carbocycles. The predicted molar refractivity (Wildman–Crippen MR) is 139 cm³/mol. The third-order valence-electron chi connectivity index (χ3n) is 5.80. The van der Waals surface area contributed by atoms with E-state index in [2.05, 4.69) is 20.7 Å². The Morgan fingerprint density at radius 1 is 1.00 bits per heavy atom. The molecule has 0 fully saturated rings. The van der Waals surface area contributed by atoms with Gasteiger partial charge in [-0.1, -0.05) is 0 Å². The van der Waals surface area contributed by atoms with Crippen LogP contribution in [0.2, 0.25) is 0 Å². The Balaban J connectivity index is 1.55. The number of nitrogens with zero attached hydrogens (tertiary/aromatic N) is 5. The van der Waals surface area contributed by atoms with Gasteiger partial charge in [-0.15, -0.1) is 10.2 Å². The second-order valence-corrected chi connectivity index (χ2v) is 10.2. The fraction of sp³-hybridized carbons (Fsp3) is 0.370. The average Bonchev–Trinajstić information content (AvgIpc) is 3.62. The zero-order valence-electron chi connectivity index (χ0n) is 22.4. The molecule has 39 heavy (non-hydrogen) atoms. The summed E-state index contributed by atoms with van der Waals surface area (Å²) < 4.78 is 22.9. The van der Waals surface area contributed by atoms with Crippen LogP contribution in [-0.2, 0) is 16.1 Å². The highest BCUT2D eigenvalue weighted by atomic mass is 16.6. The molecule has 5 rings (SSSR count). The first-order valence-corrected chi connectivity index (χ1v) is 12.5. The lowest BCUT2D eigenvalue weighted by molar-refractivity contribution is -0.128. The maximum atomic E-state index is 14.0. The molecule has 0 bridgehead atoms. The number of carbonyl (C=O) groups is 2. The lowest BCUT2D eigenvalue weighted by Crippen LogP contribution is -2.50. The molecule has 0 saturated carbocycles. The Bertz CT molecular complexity index is 1500. The molecule has 1 unspecified atom stereocenters. The molecule has 1 atom stereocenters. The van der Waals surface area contributed by atoms with Gasteiger partial charge in [-0.05, 0) is 76.2 Å². The number of anilines is 1. The highest BCUT2D eigenvalue weighted by Gasteiger charge is 2.37. The van der Waals surface area contributed by atoms with Crippen molar-refractivity contribution >= 4 is 17.5 Å². The smallest absolute Gasteiger partial charge is 0.251 e. The second-order valence-electron chi connectivity index (χ2n) is 10.2. The van der Waals surface area contributed by atoms with E-state index in [9.17, 15) is 9.59 Å². The number of furan rings is 2. The Hall–Kier alpha value is -4.61. The van der Waals surface area contributed by atoms with E-state index in [1.165, 1.54) is 4.90 Å². The Morgan fingerprint density at radius 3 is 2.38 bits per heavy atom. The highest BCUT2D eigenvalue weighted by Crippen LogP contribution is 2.37.